The number of carbonyl (C=O) groups is 3. The second-order valence-electron chi connectivity index (χ2n) is 5.63. The Labute approximate surface area is 131 Å². The lowest BCUT2D eigenvalue weighted by Crippen LogP contribution is -2.40. The van der Waals surface area contributed by atoms with E-state index in [1.807, 2.05) is 0 Å². The number of nitrogens with zero attached hydrogens (tertiary/aromatic N) is 1. The van der Waals surface area contributed by atoms with Gasteiger partial charge in [0.05, 0.1) is 6.04 Å². The summed E-state index contributed by atoms with van der Waals surface area (Å²) in [4.78, 5) is 36.1. The van der Waals surface area contributed by atoms with Gasteiger partial charge in [0, 0.05) is 19.0 Å². The summed E-state index contributed by atoms with van der Waals surface area (Å²) in [6.45, 7) is 3.90. The Balaban J connectivity index is 2.28. The summed E-state index contributed by atoms with van der Waals surface area (Å²) in [6, 6.07) is -0.417. The Hall–Kier alpha value is -1.69. The van der Waals surface area contributed by atoms with Crippen LogP contribution in [-0.2, 0) is 14.4 Å². The number of amides is 2. The van der Waals surface area contributed by atoms with Crippen LogP contribution in [0.2, 0.25) is 0 Å². The van der Waals surface area contributed by atoms with E-state index in [4.69, 9.17) is 0 Å². The van der Waals surface area contributed by atoms with Crippen LogP contribution in [0.25, 0.3) is 0 Å². The number of Topliss-reactive ketones (excluding diaryl/α,β-unsaturated/α-hetero) is 1. The third-order valence-corrected chi connectivity index (χ3v) is 3.74. The SMILES string of the molecule is CCCCC[C@H](NC(=O)CCCN1C(=O)C=CC1O)C(C)=O. The summed E-state index contributed by atoms with van der Waals surface area (Å²) < 4.78 is 0. The van der Waals surface area contributed by atoms with Crippen LogP contribution >= 0.6 is 0 Å². The van der Waals surface area contributed by atoms with Crippen LogP contribution in [0.5, 0.6) is 0 Å². The molecule has 0 bridgehead atoms. The standard InChI is InChI=1S/C16H26N2O4/c1-3-4-5-7-13(12(2)19)17-14(20)8-6-11-18-15(21)9-10-16(18)22/h9-10,13,15,21H,3-8,11H2,1-2H3,(H,17,20)/t13-,15?/m0/s1. The Kier molecular flexibility index (Phi) is 7.80. The van der Waals surface area contributed by atoms with Crippen molar-refractivity contribution in [3.05, 3.63) is 12.2 Å². The Bertz CT molecular complexity index is 434. The van der Waals surface area contributed by atoms with Gasteiger partial charge in [-0.2, -0.15) is 0 Å². The van der Waals surface area contributed by atoms with Crippen LogP contribution in [0.4, 0.5) is 0 Å². The van der Waals surface area contributed by atoms with Crippen molar-refractivity contribution in [2.24, 2.45) is 0 Å². The first kappa shape index (κ1) is 18.4. The lowest BCUT2D eigenvalue weighted by atomic mass is 10.0. The zero-order valence-electron chi connectivity index (χ0n) is 13.4. The molecule has 0 fully saturated rings. The van der Waals surface area contributed by atoms with Crippen molar-refractivity contribution in [1.82, 2.24) is 10.2 Å². The highest BCUT2D eigenvalue weighted by Gasteiger charge is 2.23. The van der Waals surface area contributed by atoms with E-state index in [1.54, 1.807) is 0 Å². The van der Waals surface area contributed by atoms with E-state index in [1.165, 1.54) is 24.0 Å². The monoisotopic (exact) mass is 310 g/mol. The van der Waals surface area contributed by atoms with Gasteiger partial charge in [0.2, 0.25) is 11.8 Å². The van der Waals surface area contributed by atoms with Gasteiger partial charge < -0.3 is 15.3 Å². The normalized spacial score (nSPS) is 18.6. The topological polar surface area (TPSA) is 86.7 Å². The van der Waals surface area contributed by atoms with Crippen molar-refractivity contribution in [3.8, 4) is 0 Å². The van der Waals surface area contributed by atoms with Gasteiger partial charge in [0.25, 0.3) is 0 Å². The van der Waals surface area contributed by atoms with Gasteiger partial charge in [-0.15, -0.1) is 0 Å². The number of aliphatic hydroxyl groups is 1. The van der Waals surface area contributed by atoms with Gasteiger partial charge in [-0.1, -0.05) is 26.2 Å². The van der Waals surface area contributed by atoms with Gasteiger partial charge in [-0.05, 0) is 25.8 Å². The molecule has 22 heavy (non-hydrogen) atoms. The molecule has 0 aromatic carbocycles. The summed E-state index contributed by atoms with van der Waals surface area (Å²) >= 11 is 0. The minimum absolute atomic E-state index is 0.0289. The molecule has 2 atom stereocenters. The van der Waals surface area contributed by atoms with E-state index < -0.39 is 12.3 Å². The maximum Gasteiger partial charge on any atom is 0.248 e. The fourth-order valence-corrected chi connectivity index (χ4v) is 2.39. The van der Waals surface area contributed by atoms with Gasteiger partial charge >= 0.3 is 0 Å². The average Bonchev–Trinajstić information content (AvgIpc) is 2.78. The minimum atomic E-state index is -0.894. The van der Waals surface area contributed by atoms with Gasteiger partial charge in [0.1, 0.15) is 6.23 Å². The number of unbranched alkanes of at least 4 members (excludes halogenated alkanes) is 2. The van der Waals surface area contributed by atoms with Crippen molar-refractivity contribution < 1.29 is 19.5 Å². The summed E-state index contributed by atoms with van der Waals surface area (Å²) in [5.74, 6) is -0.460. The average molecular weight is 310 g/mol. The lowest BCUT2D eigenvalue weighted by molar-refractivity contribution is -0.131. The van der Waals surface area contributed by atoms with E-state index in [9.17, 15) is 19.5 Å². The maximum absolute atomic E-state index is 11.9. The molecule has 1 unspecified atom stereocenters. The molecule has 0 aliphatic carbocycles. The first-order valence-corrected chi connectivity index (χ1v) is 7.92. The molecule has 0 aromatic heterocycles. The highest BCUT2D eigenvalue weighted by atomic mass is 16.3. The molecule has 1 aliphatic rings. The van der Waals surface area contributed by atoms with E-state index in [0.29, 0.717) is 19.4 Å². The molecular formula is C16H26N2O4. The third kappa shape index (κ3) is 5.97. The second kappa shape index (κ2) is 9.35. The predicted octanol–water partition coefficient (Wildman–Crippen LogP) is 1.14. The Morgan fingerprint density at radius 2 is 2.09 bits per heavy atom. The molecule has 2 N–H and O–H groups in total. The van der Waals surface area contributed by atoms with E-state index in [2.05, 4.69) is 12.2 Å². The quantitative estimate of drug-likeness (QED) is 0.592. The second-order valence-corrected chi connectivity index (χ2v) is 5.63. The van der Waals surface area contributed by atoms with Crippen LogP contribution in [-0.4, -0.2) is 46.4 Å². The van der Waals surface area contributed by atoms with Crippen molar-refractivity contribution in [2.75, 3.05) is 6.54 Å². The van der Waals surface area contributed by atoms with Gasteiger partial charge in [-0.25, -0.2) is 0 Å². The lowest BCUT2D eigenvalue weighted by Gasteiger charge is -2.20. The molecule has 0 radical (unpaired) electrons. The molecule has 6 nitrogen and oxygen atoms in total. The smallest absolute Gasteiger partial charge is 0.248 e. The fourth-order valence-electron chi connectivity index (χ4n) is 2.39. The number of ketones is 1. The van der Waals surface area contributed by atoms with Crippen molar-refractivity contribution in [3.63, 3.8) is 0 Å². The third-order valence-electron chi connectivity index (χ3n) is 3.74. The molecule has 1 rings (SSSR count). The molecule has 0 saturated carbocycles. The summed E-state index contributed by atoms with van der Waals surface area (Å²) in [7, 11) is 0. The summed E-state index contributed by atoms with van der Waals surface area (Å²) in [6.07, 6.45) is 6.23. The van der Waals surface area contributed by atoms with Crippen molar-refractivity contribution in [2.45, 2.75) is 64.6 Å². The number of carbonyl (C=O) groups excluding carboxylic acids is 3. The van der Waals surface area contributed by atoms with E-state index in [-0.39, 0.29) is 24.0 Å². The Morgan fingerprint density at radius 3 is 2.64 bits per heavy atom. The zero-order valence-corrected chi connectivity index (χ0v) is 13.4. The number of aliphatic hydroxyl groups excluding tert-OH is 1. The fraction of sp³-hybridized carbons (Fsp3) is 0.688. The number of nitrogens with one attached hydrogen (secondary N) is 1. The highest BCUT2D eigenvalue weighted by molar-refractivity contribution is 5.90. The van der Waals surface area contributed by atoms with Crippen LogP contribution in [0, 0.1) is 0 Å². The molecule has 1 aliphatic heterocycles. The zero-order chi connectivity index (χ0) is 16.5. The van der Waals surface area contributed by atoms with Crippen LogP contribution in [0.3, 0.4) is 0 Å². The Morgan fingerprint density at radius 1 is 1.36 bits per heavy atom. The minimum Gasteiger partial charge on any atom is -0.370 e. The molecular weight excluding hydrogens is 284 g/mol. The molecule has 124 valence electrons. The van der Waals surface area contributed by atoms with Crippen molar-refractivity contribution in [1.29, 1.82) is 0 Å². The van der Waals surface area contributed by atoms with Crippen LogP contribution < -0.4 is 5.32 Å². The molecule has 2 amide bonds. The summed E-state index contributed by atoms with van der Waals surface area (Å²) in [5.41, 5.74) is 0. The van der Waals surface area contributed by atoms with Gasteiger partial charge in [0.15, 0.2) is 5.78 Å². The molecule has 6 heteroatoms. The molecule has 0 saturated heterocycles. The largest absolute Gasteiger partial charge is 0.370 e. The van der Waals surface area contributed by atoms with Crippen LogP contribution in [0.1, 0.15) is 52.4 Å². The van der Waals surface area contributed by atoms with Gasteiger partial charge in [-0.3, -0.25) is 14.4 Å². The first-order chi connectivity index (χ1) is 10.5. The molecule has 1 heterocycles. The van der Waals surface area contributed by atoms with E-state index in [0.717, 1.165) is 19.3 Å². The van der Waals surface area contributed by atoms with E-state index >= 15 is 0 Å². The number of hydrogen-bond donors (Lipinski definition) is 2. The van der Waals surface area contributed by atoms with Crippen molar-refractivity contribution >= 4 is 17.6 Å². The number of hydrogen-bond acceptors (Lipinski definition) is 4. The summed E-state index contributed by atoms with van der Waals surface area (Å²) in [5, 5.41) is 12.3. The first-order valence-electron chi connectivity index (χ1n) is 7.92. The predicted molar refractivity (Wildman–Crippen MR) is 82.8 cm³/mol. The maximum atomic E-state index is 11.9. The number of rotatable bonds is 10. The molecule has 0 aromatic rings. The molecule has 0 spiro atoms. The van der Waals surface area contributed by atoms with Crippen LogP contribution in [0.15, 0.2) is 12.2 Å². The highest BCUT2D eigenvalue weighted by Crippen LogP contribution is 2.10.